The summed E-state index contributed by atoms with van der Waals surface area (Å²) in [5, 5.41) is 19.4. The van der Waals surface area contributed by atoms with Crippen LogP contribution in [0.2, 0.25) is 0 Å². The highest BCUT2D eigenvalue weighted by Gasteiger charge is 2.37. The van der Waals surface area contributed by atoms with Gasteiger partial charge in [-0.05, 0) is 77.2 Å². The number of carbonyl (C=O) groups excluding carboxylic acids is 7. The summed E-state index contributed by atoms with van der Waals surface area (Å²) in [4.78, 5) is 98.4. The summed E-state index contributed by atoms with van der Waals surface area (Å²) in [6.07, 6.45) is 5.97. The largest absolute Gasteiger partial charge is 0.456 e. The average Bonchev–Trinajstić information content (AvgIpc) is 3.20. The average molecular weight is 832 g/mol. The Kier molecular flexibility index (Phi) is 20.8. The Balaban J connectivity index is 2.59. The molecule has 334 valence electrons. The van der Waals surface area contributed by atoms with Gasteiger partial charge in [0.15, 0.2) is 6.10 Å². The molecule has 0 aromatic rings. The zero-order valence-electron chi connectivity index (χ0n) is 37.6. The second kappa shape index (κ2) is 24.1. The number of aliphatic hydroxyl groups excluding tert-OH is 1. The van der Waals surface area contributed by atoms with Crippen molar-refractivity contribution < 1.29 is 48.1 Å². The van der Waals surface area contributed by atoms with Gasteiger partial charge in [-0.2, -0.15) is 0 Å². The van der Waals surface area contributed by atoms with Crippen molar-refractivity contribution in [3.63, 3.8) is 0 Å². The number of cyclic esters (lactones) is 2. The predicted molar refractivity (Wildman–Crippen MR) is 224 cm³/mol. The smallest absolute Gasteiger partial charge is 0.334 e. The second-order valence-corrected chi connectivity index (χ2v) is 17.3. The van der Waals surface area contributed by atoms with E-state index >= 15 is 0 Å². The zero-order chi connectivity index (χ0) is 44.7. The van der Waals surface area contributed by atoms with Crippen LogP contribution in [0.3, 0.4) is 0 Å². The van der Waals surface area contributed by atoms with Crippen LogP contribution < -0.4 is 16.0 Å². The van der Waals surface area contributed by atoms with Crippen molar-refractivity contribution in [2.24, 2.45) is 23.7 Å². The molecule has 0 spiro atoms. The molecule has 0 saturated heterocycles. The maximum Gasteiger partial charge on any atom is 0.334 e. The van der Waals surface area contributed by atoms with E-state index in [1.807, 2.05) is 20.8 Å². The number of hydrogen-bond acceptors (Lipinski definition) is 10. The topological polar surface area (TPSA) is 201 Å². The summed E-state index contributed by atoms with van der Waals surface area (Å²) < 4.78 is 11.6. The molecule has 15 nitrogen and oxygen atoms in total. The van der Waals surface area contributed by atoms with Gasteiger partial charge < -0.3 is 40.3 Å². The molecule has 1 unspecified atom stereocenters. The van der Waals surface area contributed by atoms with Crippen molar-refractivity contribution in [3.05, 3.63) is 23.3 Å². The molecule has 0 aromatic carbocycles. The van der Waals surface area contributed by atoms with Gasteiger partial charge in [-0.25, -0.2) is 9.59 Å². The molecule has 0 bridgehead atoms. The number of esters is 2. The molecule has 2 rings (SSSR count). The van der Waals surface area contributed by atoms with E-state index in [0.717, 1.165) is 32.1 Å². The fourth-order valence-electron chi connectivity index (χ4n) is 7.48. The summed E-state index contributed by atoms with van der Waals surface area (Å²) in [5.41, 5.74) is 0.800. The van der Waals surface area contributed by atoms with E-state index in [1.165, 1.54) is 50.7 Å². The van der Waals surface area contributed by atoms with Crippen LogP contribution in [-0.2, 0) is 43.0 Å². The van der Waals surface area contributed by atoms with Gasteiger partial charge in [0.1, 0.15) is 30.3 Å². The maximum atomic E-state index is 14.2. The number of rotatable bonds is 7. The normalized spacial score (nSPS) is 30.8. The van der Waals surface area contributed by atoms with Gasteiger partial charge in [-0.15, -0.1) is 0 Å². The van der Waals surface area contributed by atoms with Crippen LogP contribution in [0.15, 0.2) is 23.3 Å². The Morgan fingerprint density at radius 1 is 0.898 bits per heavy atom. The standard InChI is InChI=1S/C44H73N5O10/c1-13-26(5)37-40(53)46-31(10)44(57)59-38(27(6)14-2)29(8)34(50)21-20-28(7)43(56)58-35(22-25(3)4)39(52)45-30(9)41(54)49(12)33(23-32-18-16-15-17-19-32)42(55)48(11)24-36(51)47-37/h14,20,25-26,29-35,37-38,50H,13,15-19,21-24H2,1-12H3,(H,45,52)(H,46,53)(H,47,51)/b27-14+,28-20+/t26?,29-,30-,31+,33+,34-,35+,37-,38+/m0/s1. The van der Waals surface area contributed by atoms with Gasteiger partial charge in [0, 0.05) is 25.6 Å². The van der Waals surface area contributed by atoms with Crippen LogP contribution in [0.1, 0.15) is 127 Å². The lowest BCUT2D eigenvalue weighted by Gasteiger charge is -2.35. The number of likely N-dealkylation sites (N-methyl/N-ethyl adjacent to an activating group) is 2. The zero-order valence-corrected chi connectivity index (χ0v) is 37.6. The van der Waals surface area contributed by atoms with Crippen LogP contribution in [-0.4, -0.2) is 120 Å². The van der Waals surface area contributed by atoms with Crippen LogP contribution in [0.25, 0.3) is 0 Å². The summed E-state index contributed by atoms with van der Waals surface area (Å²) in [6.45, 7) is 16.7. The summed E-state index contributed by atoms with van der Waals surface area (Å²) >= 11 is 0. The second-order valence-electron chi connectivity index (χ2n) is 17.3. The molecule has 1 heterocycles. The van der Waals surface area contributed by atoms with Crippen LogP contribution in [0.5, 0.6) is 0 Å². The number of ether oxygens (including phenoxy) is 2. The molecule has 5 amide bonds. The van der Waals surface area contributed by atoms with Crippen LogP contribution in [0.4, 0.5) is 0 Å². The van der Waals surface area contributed by atoms with E-state index in [1.54, 1.807) is 33.8 Å². The number of aliphatic hydroxyl groups is 1. The van der Waals surface area contributed by atoms with Crippen molar-refractivity contribution in [1.29, 1.82) is 0 Å². The minimum atomic E-state index is -1.24. The highest BCUT2D eigenvalue weighted by molar-refractivity contribution is 5.96. The van der Waals surface area contributed by atoms with Gasteiger partial charge in [0.25, 0.3) is 5.91 Å². The fraction of sp³-hybridized carbons (Fsp3) is 0.750. The first-order valence-electron chi connectivity index (χ1n) is 21.4. The molecule has 9 atom stereocenters. The lowest BCUT2D eigenvalue weighted by Crippen LogP contribution is -2.57. The van der Waals surface area contributed by atoms with E-state index in [2.05, 4.69) is 16.0 Å². The molecule has 15 heteroatoms. The number of nitrogens with zero attached hydrogens (tertiary/aromatic N) is 2. The highest BCUT2D eigenvalue weighted by atomic mass is 16.6. The molecular formula is C44H73N5O10. The van der Waals surface area contributed by atoms with Crippen LogP contribution in [0, 0.1) is 23.7 Å². The Morgan fingerprint density at radius 3 is 2.08 bits per heavy atom. The SMILES string of the molecule is C/C=C(\C)[C@H]1OC(=O)[C@@H](C)NC(=O)[C@H](C(C)CC)NC(=O)CN(C)C(=O)[C@@H](CC2CCCCC2)N(C)C(=O)[C@H](C)NC(=O)[C@@H](CC(C)C)OC(=O)/C(C)=C/C[C@H](O)[C@@H]1C. The minimum absolute atomic E-state index is 0.00936. The van der Waals surface area contributed by atoms with Gasteiger partial charge >= 0.3 is 11.9 Å². The Morgan fingerprint density at radius 2 is 1.51 bits per heavy atom. The first kappa shape index (κ1) is 50.9. The van der Waals surface area contributed by atoms with Crippen LogP contribution >= 0.6 is 0 Å². The third kappa shape index (κ3) is 15.4. The molecule has 1 aliphatic carbocycles. The quantitative estimate of drug-likeness (QED) is 0.215. The lowest BCUT2D eigenvalue weighted by molar-refractivity contribution is -0.155. The Labute approximate surface area is 351 Å². The number of carbonyl (C=O) groups is 7. The van der Waals surface area contributed by atoms with E-state index in [9.17, 15) is 38.7 Å². The lowest BCUT2D eigenvalue weighted by atomic mass is 9.84. The number of amides is 5. The number of nitrogens with one attached hydrogen (secondary N) is 3. The molecule has 0 aromatic heterocycles. The maximum absolute atomic E-state index is 14.2. The van der Waals surface area contributed by atoms with E-state index in [4.69, 9.17) is 9.47 Å². The van der Waals surface area contributed by atoms with Gasteiger partial charge in [-0.1, -0.05) is 85.3 Å². The molecule has 59 heavy (non-hydrogen) atoms. The van der Waals surface area contributed by atoms with Crippen molar-refractivity contribution in [1.82, 2.24) is 25.8 Å². The third-order valence-electron chi connectivity index (χ3n) is 11.8. The minimum Gasteiger partial charge on any atom is -0.456 e. The van der Waals surface area contributed by atoms with Gasteiger partial charge in [0.05, 0.1) is 12.6 Å². The summed E-state index contributed by atoms with van der Waals surface area (Å²) in [7, 11) is 2.97. The van der Waals surface area contributed by atoms with Crippen molar-refractivity contribution in [2.45, 2.75) is 170 Å². The van der Waals surface area contributed by atoms with Crippen molar-refractivity contribution in [2.75, 3.05) is 20.6 Å². The summed E-state index contributed by atoms with van der Waals surface area (Å²) in [5.74, 6) is -5.32. The highest BCUT2D eigenvalue weighted by Crippen LogP contribution is 2.29. The van der Waals surface area contributed by atoms with E-state index in [0.29, 0.717) is 18.4 Å². The monoisotopic (exact) mass is 832 g/mol. The first-order chi connectivity index (χ1) is 27.6. The van der Waals surface area contributed by atoms with Crippen molar-refractivity contribution >= 4 is 41.5 Å². The third-order valence-corrected chi connectivity index (χ3v) is 11.8. The molecule has 1 fully saturated rings. The molecule has 1 saturated carbocycles. The fourth-order valence-corrected chi connectivity index (χ4v) is 7.48. The van der Waals surface area contributed by atoms with Gasteiger partial charge in [-0.3, -0.25) is 24.0 Å². The van der Waals surface area contributed by atoms with E-state index < -0.39 is 96.4 Å². The number of allylic oxidation sites excluding steroid dienone is 1. The molecule has 2 aliphatic rings. The Bertz CT molecular complexity index is 1540. The molecule has 0 radical (unpaired) electrons. The molecular weight excluding hydrogens is 759 g/mol. The molecule has 4 N–H and O–H groups in total. The first-order valence-corrected chi connectivity index (χ1v) is 21.4. The predicted octanol–water partition coefficient (Wildman–Crippen LogP) is 3.97. The molecule has 1 aliphatic heterocycles. The summed E-state index contributed by atoms with van der Waals surface area (Å²) in [6, 6.07) is -4.23. The number of hydrogen-bond donors (Lipinski definition) is 4. The van der Waals surface area contributed by atoms with E-state index in [-0.39, 0.29) is 36.2 Å². The Hall–Kier alpha value is -4.27. The van der Waals surface area contributed by atoms with Gasteiger partial charge in [0.2, 0.25) is 23.6 Å². The van der Waals surface area contributed by atoms with Crippen molar-refractivity contribution in [3.8, 4) is 0 Å².